The molecule has 2 amide bonds. The van der Waals surface area contributed by atoms with Crippen molar-refractivity contribution in [3.05, 3.63) is 101 Å². The van der Waals surface area contributed by atoms with Crippen LogP contribution in [0.4, 0.5) is 11.4 Å². The molecule has 0 saturated heterocycles. The fourth-order valence-electron chi connectivity index (χ4n) is 3.58. The van der Waals surface area contributed by atoms with Crippen LogP contribution in [-0.2, 0) is 9.59 Å². The Morgan fingerprint density at radius 3 is 2.03 bits per heavy atom. The maximum absolute atomic E-state index is 13.4. The summed E-state index contributed by atoms with van der Waals surface area (Å²) in [7, 11) is 0. The first-order valence-electron chi connectivity index (χ1n) is 9.55. The third kappa shape index (κ3) is 3.45. The normalized spacial score (nSPS) is 14.0. The smallest absolute Gasteiger partial charge is 0.282 e. The lowest BCUT2D eigenvalue weighted by atomic mass is 9.97. The Labute approximate surface area is 170 Å². The van der Waals surface area contributed by atoms with Crippen LogP contribution in [0.1, 0.15) is 22.3 Å². The summed E-state index contributed by atoms with van der Waals surface area (Å²) in [4.78, 5) is 28.0. The van der Waals surface area contributed by atoms with Crippen LogP contribution < -0.4 is 10.2 Å². The van der Waals surface area contributed by atoms with Crippen LogP contribution in [0, 0.1) is 20.8 Å². The van der Waals surface area contributed by atoms with E-state index in [1.807, 2.05) is 81.4 Å². The van der Waals surface area contributed by atoms with Gasteiger partial charge in [0.1, 0.15) is 5.70 Å². The fourth-order valence-corrected chi connectivity index (χ4v) is 3.58. The topological polar surface area (TPSA) is 49.4 Å². The summed E-state index contributed by atoms with van der Waals surface area (Å²) in [5, 5.41) is 3.21. The van der Waals surface area contributed by atoms with Crippen LogP contribution in [-0.4, -0.2) is 11.8 Å². The zero-order chi connectivity index (χ0) is 20.5. The maximum Gasteiger partial charge on any atom is 0.282 e. The van der Waals surface area contributed by atoms with E-state index in [9.17, 15) is 9.59 Å². The van der Waals surface area contributed by atoms with Gasteiger partial charge in [-0.3, -0.25) is 9.59 Å². The lowest BCUT2D eigenvalue weighted by molar-refractivity contribution is -0.120. The minimum absolute atomic E-state index is 0.301. The van der Waals surface area contributed by atoms with Crippen molar-refractivity contribution in [3.63, 3.8) is 0 Å². The molecule has 0 aliphatic carbocycles. The number of carbonyl (C=O) groups is 2. The molecule has 29 heavy (non-hydrogen) atoms. The molecule has 0 radical (unpaired) electrons. The number of rotatable bonds is 4. The molecular formula is C25H22N2O2. The first-order chi connectivity index (χ1) is 14.0. The number of anilines is 2. The summed E-state index contributed by atoms with van der Waals surface area (Å²) < 4.78 is 0. The third-order valence-corrected chi connectivity index (χ3v) is 5.07. The molecule has 4 rings (SSSR count). The van der Waals surface area contributed by atoms with Crippen LogP contribution in [0.3, 0.4) is 0 Å². The summed E-state index contributed by atoms with van der Waals surface area (Å²) in [5.41, 5.74) is 5.98. The van der Waals surface area contributed by atoms with Gasteiger partial charge in [0.05, 0.1) is 11.3 Å². The number of imide groups is 1. The second-order valence-corrected chi connectivity index (χ2v) is 7.34. The molecule has 3 aromatic carbocycles. The lowest BCUT2D eigenvalue weighted by Gasteiger charge is -2.15. The number of amides is 2. The highest BCUT2D eigenvalue weighted by Crippen LogP contribution is 2.35. The number of nitrogens with zero attached hydrogens (tertiary/aromatic N) is 1. The number of benzene rings is 3. The number of carbonyl (C=O) groups excluding carboxylic acids is 2. The predicted molar refractivity (Wildman–Crippen MR) is 117 cm³/mol. The SMILES string of the molecule is Cc1ccc(NC2=C(c3ccc(C)cc3C)C(=O)N(c3ccccc3)C2=O)cc1. The second kappa shape index (κ2) is 7.40. The van der Waals surface area contributed by atoms with Gasteiger partial charge >= 0.3 is 0 Å². The van der Waals surface area contributed by atoms with Crippen LogP contribution in [0.2, 0.25) is 0 Å². The highest BCUT2D eigenvalue weighted by atomic mass is 16.2. The van der Waals surface area contributed by atoms with Crippen molar-refractivity contribution in [1.29, 1.82) is 0 Å². The van der Waals surface area contributed by atoms with Gasteiger partial charge in [0.25, 0.3) is 11.8 Å². The molecule has 0 fully saturated rings. The molecule has 144 valence electrons. The van der Waals surface area contributed by atoms with E-state index in [1.165, 1.54) is 4.90 Å². The number of hydrogen-bond acceptors (Lipinski definition) is 3. The first kappa shape index (κ1) is 18.7. The van der Waals surface area contributed by atoms with Crippen molar-refractivity contribution in [2.45, 2.75) is 20.8 Å². The minimum atomic E-state index is -0.350. The second-order valence-electron chi connectivity index (χ2n) is 7.34. The van der Waals surface area contributed by atoms with E-state index in [1.54, 1.807) is 12.1 Å². The van der Waals surface area contributed by atoms with E-state index in [4.69, 9.17) is 0 Å². The van der Waals surface area contributed by atoms with Gasteiger partial charge in [-0.1, -0.05) is 59.7 Å². The number of hydrogen-bond donors (Lipinski definition) is 1. The zero-order valence-electron chi connectivity index (χ0n) is 16.7. The summed E-state index contributed by atoms with van der Waals surface area (Å²) in [6, 6.07) is 22.7. The zero-order valence-corrected chi connectivity index (χ0v) is 16.7. The summed E-state index contributed by atoms with van der Waals surface area (Å²) in [6.07, 6.45) is 0. The molecule has 1 aliphatic rings. The molecule has 4 heteroatoms. The third-order valence-electron chi connectivity index (χ3n) is 5.07. The first-order valence-corrected chi connectivity index (χ1v) is 9.55. The van der Waals surface area contributed by atoms with Gasteiger partial charge in [-0.2, -0.15) is 0 Å². The van der Waals surface area contributed by atoms with Gasteiger partial charge in [-0.05, 0) is 56.2 Å². The Morgan fingerprint density at radius 1 is 0.724 bits per heavy atom. The van der Waals surface area contributed by atoms with E-state index in [2.05, 4.69) is 5.32 Å². The Hall–Kier alpha value is -3.66. The molecule has 0 bridgehead atoms. The molecule has 0 unspecified atom stereocenters. The standard InChI is InChI=1S/C25H22N2O2/c1-16-9-12-19(13-10-16)26-23-22(21-14-11-17(2)15-18(21)3)24(28)27(25(23)29)20-7-5-4-6-8-20/h4-15,26H,1-3H3. The van der Waals surface area contributed by atoms with E-state index in [0.717, 1.165) is 27.9 Å². The summed E-state index contributed by atoms with van der Waals surface area (Å²) in [5.74, 6) is -0.667. The molecule has 1 N–H and O–H groups in total. The quantitative estimate of drug-likeness (QED) is 0.646. The fraction of sp³-hybridized carbons (Fsp3) is 0.120. The van der Waals surface area contributed by atoms with Gasteiger partial charge in [0.15, 0.2) is 0 Å². The Balaban J connectivity index is 1.85. The molecule has 3 aromatic rings. The molecule has 0 saturated carbocycles. The van der Waals surface area contributed by atoms with Crippen molar-refractivity contribution in [3.8, 4) is 0 Å². The van der Waals surface area contributed by atoms with Crippen molar-refractivity contribution < 1.29 is 9.59 Å². The Kier molecular flexibility index (Phi) is 4.77. The molecule has 4 nitrogen and oxygen atoms in total. The van der Waals surface area contributed by atoms with Gasteiger partial charge < -0.3 is 5.32 Å². The van der Waals surface area contributed by atoms with Crippen LogP contribution >= 0.6 is 0 Å². The Bertz CT molecular complexity index is 1130. The van der Waals surface area contributed by atoms with Crippen molar-refractivity contribution >= 4 is 28.8 Å². The van der Waals surface area contributed by atoms with Crippen molar-refractivity contribution in [2.75, 3.05) is 10.2 Å². The minimum Gasteiger partial charge on any atom is -0.350 e. The van der Waals surface area contributed by atoms with Gasteiger partial charge in [0.2, 0.25) is 0 Å². The largest absolute Gasteiger partial charge is 0.350 e. The summed E-state index contributed by atoms with van der Waals surface area (Å²) in [6.45, 7) is 5.97. The van der Waals surface area contributed by atoms with Gasteiger partial charge in [-0.15, -0.1) is 0 Å². The molecule has 0 atom stereocenters. The summed E-state index contributed by atoms with van der Waals surface area (Å²) >= 11 is 0. The molecule has 1 aliphatic heterocycles. The van der Waals surface area contributed by atoms with Gasteiger partial charge in [0, 0.05) is 5.69 Å². The maximum atomic E-state index is 13.4. The molecule has 1 heterocycles. The van der Waals surface area contributed by atoms with E-state index >= 15 is 0 Å². The van der Waals surface area contributed by atoms with Crippen molar-refractivity contribution in [1.82, 2.24) is 0 Å². The van der Waals surface area contributed by atoms with Crippen LogP contribution in [0.25, 0.3) is 5.57 Å². The molecule has 0 spiro atoms. The van der Waals surface area contributed by atoms with Crippen LogP contribution in [0.5, 0.6) is 0 Å². The average molecular weight is 382 g/mol. The highest BCUT2D eigenvalue weighted by Gasteiger charge is 2.40. The number of aryl methyl sites for hydroxylation is 3. The predicted octanol–water partition coefficient (Wildman–Crippen LogP) is 5.01. The van der Waals surface area contributed by atoms with E-state index in [0.29, 0.717) is 17.0 Å². The van der Waals surface area contributed by atoms with Crippen molar-refractivity contribution in [2.24, 2.45) is 0 Å². The van der Waals surface area contributed by atoms with Gasteiger partial charge in [-0.25, -0.2) is 4.90 Å². The van der Waals surface area contributed by atoms with E-state index < -0.39 is 0 Å². The lowest BCUT2D eigenvalue weighted by Crippen LogP contribution is -2.32. The van der Waals surface area contributed by atoms with E-state index in [-0.39, 0.29) is 11.8 Å². The molecular weight excluding hydrogens is 360 g/mol. The number of nitrogens with one attached hydrogen (secondary N) is 1. The monoisotopic (exact) mass is 382 g/mol. The highest BCUT2D eigenvalue weighted by molar-refractivity contribution is 6.46. The number of para-hydroxylation sites is 1. The average Bonchev–Trinajstić information content (AvgIpc) is 2.94. The van der Waals surface area contributed by atoms with Crippen LogP contribution in [0.15, 0.2) is 78.5 Å². The Morgan fingerprint density at radius 2 is 1.38 bits per heavy atom. The molecule has 0 aromatic heterocycles.